The van der Waals surface area contributed by atoms with Gasteiger partial charge in [-0.25, -0.2) is 4.79 Å². The van der Waals surface area contributed by atoms with Crippen molar-refractivity contribution in [3.05, 3.63) is 11.6 Å². The van der Waals surface area contributed by atoms with Gasteiger partial charge in [0.2, 0.25) is 11.8 Å². The summed E-state index contributed by atoms with van der Waals surface area (Å²) in [6, 6.07) is -0.339. The van der Waals surface area contributed by atoms with Crippen molar-refractivity contribution in [2.45, 2.75) is 87.1 Å². The summed E-state index contributed by atoms with van der Waals surface area (Å²) in [7, 11) is 1.64. The molecule has 0 heterocycles. The fourth-order valence-corrected chi connectivity index (χ4v) is 2.94. The zero-order valence-corrected chi connectivity index (χ0v) is 19.4. The molecule has 6 heteroatoms. The molecule has 0 radical (unpaired) electrons. The van der Waals surface area contributed by atoms with Crippen molar-refractivity contribution in [2.24, 2.45) is 11.3 Å². The van der Waals surface area contributed by atoms with E-state index in [0.29, 0.717) is 0 Å². The maximum atomic E-state index is 12.5. The number of hydrogen-bond acceptors (Lipinski definition) is 3. The first-order valence-corrected chi connectivity index (χ1v) is 10.4. The number of nitrogens with one attached hydrogen (secondary N) is 1. The molecular formula is C22H42N2O4. The van der Waals surface area contributed by atoms with Crippen LogP contribution in [-0.4, -0.2) is 47.4 Å². The third kappa shape index (κ3) is 8.89. The van der Waals surface area contributed by atoms with Crippen LogP contribution in [0.15, 0.2) is 11.6 Å². The Bertz CT molecular complexity index is 514. The molecule has 0 saturated carbocycles. The predicted molar refractivity (Wildman–Crippen MR) is 115 cm³/mol. The Labute approximate surface area is 171 Å². The average Bonchev–Trinajstić information content (AvgIpc) is 2.65. The van der Waals surface area contributed by atoms with Gasteiger partial charge in [-0.1, -0.05) is 61.0 Å². The highest BCUT2D eigenvalue weighted by Crippen LogP contribution is 2.30. The van der Waals surface area contributed by atoms with Gasteiger partial charge < -0.3 is 15.3 Å². The van der Waals surface area contributed by atoms with Crippen molar-refractivity contribution in [1.82, 2.24) is 10.2 Å². The molecule has 0 aromatic carbocycles. The highest BCUT2D eigenvalue weighted by atomic mass is 16.4. The van der Waals surface area contributed by atoms with Gasteiger partial charge in [-0.3, -0.25) is 9.59 Å². The Morgan fingerprint density at radius 1 is 1.04 bits per heavy atom. The van der Waals surface area contributed by atoms with E-state index in [-0.39, 0.29) is 35.9 Å². The van der Waals surface area contributed by atoms with Crippen molar-refractivity contribution in [1.29, 1.82) is 0 Å². The van der Waals surface area contributed by atoms with Gasteiger partial charge in [0.15, 0.2) is 0 Å². The van der Waals surface area contributed by atoms with Gasteiger partial charge in [0.25, 0.3) is 0 Å². The topological polar surface area (TPSA) is 86.7 Å². The van der Waals surface area contributed by atoms with Crippen molar-refractivity contribution in [3.63, 3.8) is 0 Å². The Balaban J connectivity index is 0. The van der Waals surface area contributed by atoms with E-state index < -0.39 is 11.4 Å². The summed E-state index contributed by atoms with van der Waals surface area (Å²) in [5.41, 5.74) is -0.236. The number of nitrogens with zero attached hydrogens (tertiary/aromatic N) is 1. The molecule has 2 amide bonds. The number of hydrogen-bond donors (Lipinski definition) is 2. The van der Waals surface area contributed by atoms with Gasteiger partial charge in [0.1, 0.15) is 0 Å². The Hall–Kier alpha value is -1.85. The number of carbonyl (C=O) groups excluding carboxylic acids is 2. The summed E-state index contributed by atoms with van der Waals surface area (Å²) in [6.45, 7) is 15.5. The minimum atomic E-state index is -1.00. The van der Waals surface area contributed by atoms with Gasteiger partial charge in [-0.15, -0.1) is 0 Å². The molecule has 6 nitrogen and oxygen atoms in total. The minimum absolute atomic E-state index is 0.0555. The summed E-state index contributed by atoms with van der Waals surface area (Å²) in [5.74, 6) is -1.28. The van der Waals surface area contributed by atoms with Gasteiger partial charge >= 0.3 is 5.97 Å². The lowest BCUT2D eigenvalue weighted by Gasteiger charge is -2.31. The molecule has 0 rings (SSSR count). The summed E-state index contributed by atoms with van der Waals surface area (Å²) < 4.78 is 0. The number of likely N-dealkylation sites (N-methyl/N-ethyl adjacent to an activating group) is 1. The van der Waals surface area contributed by atoms with Crippen LogP contribution in [0, 0.1) is 11.3 Å². The van der Waals surface area contributed by atoms with Gasteiger partial charge in [0, 0.05) is 18.0 Å². The Kier molecular flexibility index (Phi) is 14.4. The molecule has 2 N–H and O–H groups in total. The molecule has 1 atom stereocenters. The summed E-state index contributed by atoms with van der Waals surface area (Å²) in [4.78, 5) is 37.5. The third-order valence-electron chi connectivity index (χ3n) is 5.19. The molecule has 0 bridgehead atoms. The van der Waals surface area contributed by atoms with E-state index in [2.05, 4.69) is 19.2 Å². The highest BCUT2D eigenvalue weighted by molar-refractivity contribution is 5.88. The van der Waals surface area contributed by atoms with Crippen molar-refractivity contribution in [2.75, 3.05) is 13.6 Å². The van der Waals surface area contributed by atoms with Crippen LogP contribution >= 0.6 is 0 Å². The normalized spacial score (nSPS) is 12.7. The largest absolute Gasteiger partial charge is 0.478 e. The van der Waals surface area contributed by atoms with Crippen LogP contribution in [0.25, 0.3) is 0 Å². The number of carbonyl (C=O) groups is 3. The second-order valence-electron chi connectivity index (χ2n) is 7.62. The highest BCUT2D eigenvalue weighted by Gasteiger charge is 2.33. The molecule has 0 aliphatic heterocycles. The number of amides is 2. The van der Waals surface area contributed by atoms with Gasteiger partial charge in [-0.05, 0) is 32.1 Å². The molecule has 0 fully saturated rings. The molecular weight excluding hydrogens is 356 g/mol. The summed E-state index contributed by atoms with van der Waals surface area (Å²) in [6.07, 6.45) is 5.02. The fraction of sp³-hybridized carbons (Fsp3) is 0.773. The lowest BCUT2D eigenvalue weighted by molar-refractivity contribution is -0.137. The smallest absolute Gasteiger partial charge is 0.331 e. The third-order valence-corrected chi connectivity index (χ3v) is 5.19. The molecule has 28 heavy (non-hydrogen) atoms. The lowest BCUT2D eigenvalue weighted by Crippen LogP contribution is -2.48. The van der Waals surface area contributed by atoms with Crippen LogP contribution in [0.3, 0.4) is 0 Å². The standard InChI is InChI=1S/C19H34N2O4.C3H8/c1-8-19(9-2,10-3)18(25)20-12-16(22)21(7)15(13(4)5)11-14(6)17(23)24;1-3-2/h11,13,15H,8-10,12H2,1-7H3,(H,20,25)(H,23,24);3H2,1-2H3/b14-11+;/t15-;/m1./s1. The Morgan fingerprint density at radius 2 is 1.46 bits per heavy atom. The first-order chi connectivity index (χ1) is 13.0. The SMILES string of the molecule is CCC.CCC(CC)(CC)C(=O)NCC(=O)N(C)[C@H](/C=C(\C)C(=O)O)C(C)C. The second-order valence-corrected chi connectivity index (χ2v) is 7.62. The maximum Gasteiger partial charge on any atom is 0.331 e. The number of rotatable bonds is 10. The minimum Gasteiger partial charge on any atom is -0.478 e. The van der Waals surface area contributed by atoms with Crippen LogP contribution in [0.2, 0.25) is 0 Å². The number of aliphatic carboxylic acids is 1. The molecule has 164 valence electrons. The fourth-order valence-electron chi connectivity index (χ4n) is 2.94. The first-order valence-electron chi connectivity index (χ1n) is 10.4. The van der Waals surface area contributed by atoms with Gasteiger partial charge in [-0.2, -0.15) is 0 Å². The van der Waals surface area contributed by atoms with E-state index in [1.165, 1.54) is 18.2 Å². The molecule has 0 aromatic rings. The molecule has 0 aliphatic rings. The first kappa shape index (κ1) is 28.4. The van der Waals surface area contributed by atoms with Crippen LogP contribution in [-0.2, 0) is 14.4 Å². The molecule has 0 aromatic heterocycles. The molecule has 0 aliphatic carbocycles. The van der Waals surface area contributed by atoms with Gasteiger partial charge in [0.05, 0.1) is 12.6 Å². The number of carboxylic acid groups (broad SMARTS) is 1. The number of carboxylic acids is 1. The second kappa shape index (κ2) is 14.2. The zero-order chi connectivity index (χ0) is 22.5. The van der Waals surface area contributed by atoms with Crippen molar-refractivity contribution < 1.29 is 19.5 Å². The monoisotopic (exact) mass is 398 g/mol. The van der Waals surface area contributed by atoms with E-state index in [4.69, 9.17) is 5.11 Å². The van der Waals surface area contributed by atoms with E-state index in [1.807, 2.05) is 34.6 Å². The van der Waals surface area contributed by atoms with E-state index in [0.717, 1.165) is 19.3 Å². The lowest BCUT2D eigenvalue weighted by atomic mass is 9.79. The predicted octanol–water partition coefficient (Wildman–Crippen LogP) is 4.25. The van der Waals surface area contributed by atoms with E-state index in [9.17, 15) is 14.4 Å². The van der Waals surface area contributed by atoms with Crippen LogP contribution in [0.4, 0.5) is 0 Å². The van der Waals surface area contributed by atoms with E-state index in [1.54, 1.807) is 13.1 Å². The molecule has 0 spiro atoms. The zero-order valence-electron chi connectivity index (χ0n) is 19.4. The quantitative estimate of drug-likeness (QED) is 0.539. The van der Waals surface area contributed by atoms with Crippen molar-refractivity contribution in [3.8, 4) is 0 Å². The maximum absolute atomic E-state index is 12.5. The van der Waals surface area contributed by atoms with E-state index >= 15 is 0 Å². The summed E-state index contributed by atoms with van der Waals surface area (Å²) in [5, 5.41) is 11.8. The molecule has 0 unspecified atom stereocenters. The van der Waals surface area contributed by atoms with Crippen molar-refractivity contribution >= 4 is 17.8 Å². The van der Waals surface area contributed by atoms with Crippen LogP contribution < -0.4 is 5.32 Å². The van der Waals surface area contributed by atoms with Crippen LogP contribution in [0.1, 0.15) is 81.1 Å². The Morgan fingerprint density at radius 3 is 1.79 bits per heavy atom. The summed E-state index contributed by atoms with van der Waals surface area (Å²) >= 11 is 0. The average molecular weight is 399 g/mol. The molecule has 0 saturated heterocycles. The van der Waals surface area contributed by atoms with Crippen LogP contribution in [0.5, 0.6) is 0 Å².